The SMILES string of the molecule is Cc1cc(C(F)(F)F)ccc1NC(=N)N. The lowest BCUT2D eigenvalue weighted by molar-refractivity contribution is -0.137. The van der Waals surface area contributed by atoms with Crippen LogP contribution < -0.4 is 11.1 Å². The van der Waals surface area contributed by atoms with Crippen LogP contribution in [0.5, 0.6) is 0 Å². The highest BCUT2D eigenvalue weighted by atomic mass is 19.4. The Hall–Kier alpha value is -1.72. The molecule has 1 rings (SSSR count). The molecule has 0 saturated carbocycles. The summed E-state index contributed by atoms with van der Waals surface area (Å²) in [5, 5.41) is 9.39. The lowest BCUT2D eigenvalue weighted by Gasteiger charge is -2.11. The second-order valence-corrected chi connectivity index (χ2v) is 3.07. The summed E-state index contributed by atoms with van der Waals surface area (Å²) >= 11 is 0. The van der Waals surface area contributed by atoms with E-state index in [0.29, 0.717) is 11.3 Å². The van der Waals surface area contributed by atoms with E-state index in [4.69, 9.17) is 11.1 Å². The molecule has 0 aromatic heterocycles. The largest absolute Gasteiger partial charge is 0.416 e. The highest BCUT2D eigenvalue weighted by Crippen LogP contribution is 2.31. The van der Waals surface area contributed by atoms with Gasteiger partial charge in [-0.15, -0.1) is 0 Å². The van der Waals surface area contributed by atoms with Crippen molar-refractivity contribution in [3.8, 4) is 0 Å². The van der Waals surface area contributed by atoms with E-state index in [1.165, 1.54) is 13.0 Å². The van der Waals surface area contributed by atoms with Gasteiger partial charge < -0.3 is 11.1 Å². The van der Waals surface area contributed by atoms with E-state index >= 15 is 0 Å². The van der Waals surface area contributed by atoms with Gasteiger partial charge in [0.1, 0.15) is 0 Å². The molecule has 6 heteroatoms. The first-order valence-corrected chi connectivity index (χ1v) is 4.09. The van der Waals surface area contributed by atoms with Crippen LogP contribution in [0.3, 0.4) is 0 Å². The molecule has 0 spiro atoms. The number of halogens is 3. The van der Waals surface area contributed by atoms with Crippen molar-refractivity contribution < 1.29 is 13.2 Å². The maximum atomic E-state index is 12.3. The number of hydrogen-bond acceptors (Lipinski definition) is 1. The zero-order chi connectivity index (χ0) is 11.6. The zero-order valence-corrected chi connectivity index (χ0v) is 7.94. The number of benzene rings is 1. The molecule has 0 unspecified atom stereocenters. The molecule has 0 aliphatic heterocycles. The van der Waals surface area contributed by atoms with Crippen LogP contribution in [0.15, 0.2) is 18.2 Å². The highest BCUT2D eigenvalue weighted by molar-refractivity contribution is 5.90. The Kier molecular flexibility index (Phi) is 2.88. The number of aryl methyl sites for hydroxylation is 1. The smallest absolute Gasteiger partial charge is 0.370 e. The van der Waals surface area contributed by atoms with Gasteiger partial charge in [-0.25, -0.2) is 0 Å². The van der Waals surface area contributed by atoms with Gasteiger partial charge >= 0.3 is 6.18 Å². The van der Waals surface area contributed by atoms with Crippen LogP contribution in [-0.4, -0.2) is 5.96 Å². The zero-order valence-electron chi connectivity index (χ0n) is 7.94. The van der Waals surface area contributed by atoms with E-state index in [2.05, 4.69) is 5.32 Å². The summed E-state index contributed by atoms with van der Waals surface area (Å²) in [6.07, 6.45) is -4.35. The predicted molar refractivity (Wildman–Crippen MR) is 51.7 cm³/mol. The Morgan fingerprint density at radius 1 is 1.40 bits per heavy atom. The van der Waals surface area contributed by atoms with Crippen LogP contribution >= 0.6 is 0 Å². The molecule has 4 N–H and O–H groups in total. The van der Waals surface area contributed by atoms with E-state index in [1.807, 2.05) is 0 Å². The lowest BCUT2D eigenvalue weighted by atomic mass is 10.1. The first kappa shape index (κ1) is 11.4. The van der Waals surface area contributed by atoms with Crippen molar-refractivity contribution in [3.63, 3.8) is 0 Å². The summed E-state index contributed by atoms with van der Waals surface area (Å²) in [5.41, 5.74) is 5.14. The van der Waals surface area contributed by atoms with Gasteiger partial charge in [0.05, 0.1) is 5.56 Å². The average molecular weight is 217 g/mol. The van der Waals surface area contributed by atoms with Crippen molar-refractivity contribution in [3.05, 3.63) is 29.3 Å². The summed E-state index contributed by atoms with van der Waals surface area (Å²) in [5.74, 6) is -0.308. The second-order valence-electron chi connectivity index (χ2n) is 3.07. The van der Waals surface area contributed by atoms with Gasteiger partial charge in [0.15, 0.2) is 5.96 Å². The molecular weight excluding hydrogens is 207 g/mol. The topological polar surface area (TPSA) is 61.9 Å². The van der Waals surface area contributed by atoms with Gasteiger partial charge in [0.2, 0.25) is 0 Å². The third kappa shape index (κ3) is 2.87. The van der Waals surface area contributed by atoms with Crippen LogP contribution in [0, 0.1) is 12.3 Å². The summed E-state index contributed by atoms with van der Waals surface area (Å²) in [6.45, 7) is 1.51. The number of hydrogen-bond donors (Lipinski definition) is 3. The van der Waals surface area contributed by atoms with Crippen LogP contribution in [0.4, 0.5) is 18.9 Å². The molecule has 1 aromatic carbocycles. The fourth-order valence-corrected chi connectivity index (χ4v) is 1.13. The number of nitrogens with two attached hydrogens (primary N) is 1. The van der Waals surface area contributed by atoms with Crippen LogP contribution in [0.2, 0.25) is 0 Å². The standard InChI is InChI=1S/C9H10F3N3/c1-5-4-6(9(10,11)12)2-3-7(5)15-8(13)14/h2-4H,1H3,(H4,13,14,15). The number of rotatable bonds is 1. The van der Waals surface area contributed by atoms with E-state index in [-0.39, 0.29) is 5.96 Å². The summed E-state index contributed by atoms with van der Waals surface area (Å²) in [6, 6.07) is 3.20. The third-order valence-electron chi connectivity index (χ3n) is 1.82. The molecular formula is C9H10F3N3. The Labute approximate surface area is 84.6 Å². The fourth-order valence-electron chi connectivity index (χ4n) is 1.13. The molecule has 0 bridgehead atoms. The lowest BCUT2D eigenvalue weighted by Crippen LogP contribution is -2.21. The van der Waals surface area contributed by atoms with Crippen molar-refractivity contribution in [2.24, 2.45) is 5.73 Å². The quantitative estimate of drug-likeness (QED) is 0.499. The van der Waals surface area contributed by atoms with Gasteiger partial charge in [-0.2, -0.15) is 13.2 Å². The molecule has 3 nitrogen and oxygen atoms in total. The number of guanidine groups is 1. The Morgan fingerprint density at radius 2 is 2.00 bits per heavy atom. The maximum absolute atomic E-state index is 12.3. The minimum atomic E-state index is -4.35. The molecule has 0 radical (unpaired) electrons. The van der Waals surface area contributed by atoms with Crippen molar-refractivity contribution in [1.29, 1.82) is 5.41 Å². The molecule has 0 aliphatic rings. The number of nitrogens with one attached hydrogen (secondary N) is 2. The molecule has 0 atom stereocenters. The predicted octanol–water partition coefficient (Wildman–Crippen LogP) is 2.32. The van der Waals surface area contributed by atoms with E-state index in [1.54, 1.807) is 0 Å². The van der Waals surface area contributed by atoms with Gasteiger partial charge in [0, 0.05) is 5.69 Å². The second kappa shape index (κ2) is 3.80. The fraction of sp³-hybridized carbons (Fsp3) is 0.222. The van der Waals surface area contributed by atoms with E-state index in [0.717, 1.165) is 12.1 Å². The molecule has 82 valence electrons. The number of anilines is 1. The monoisotopic (exact) mass is 217 g/mol. The molecule has 0 amide bonds. The first-order valence-electron chi connectivity index (χ1n) is 4.09. The van der Waals surface area contributed by atoms with Crippen molar-refractivity contribution >= 4 is 11.6 Å². The van der Waals surface area contributed by atoms with Crippen LogP contribution in [0.25, 0.3) is 0 Å². The van der Waals surface area contributed by atoms with Crippen LogP contribution in [0.1, 0.15) is 11.1 Å². The molecule has 0 heterocycles. The van der Waals surface area contributed by atoms with E-state index < -0.39 is 11.7 Å². The summed E-state index contributed by atoms with van der Waals surface area (Å²) in [4.78, 5) is 0. The van der Waals surface area contributed by atoms with Gasteiger partial charge in [-0.3, -0.25) is 5.41 Å². The molecule has 0 saturated heterocycles. The van der Waals surface area contributed by atoms with E-state index in [9.17, 15) is 13.2 Å². The summed E-state index contributed by atoms with van der Waals surface area (Å²) < 4.78 is 36.8. The highest BCUT2D eigenvalue weighted by Gasteiger charge is 2.30. The molecule has 0 fully saturated rings. The minimum absolute atomic E-state index is 0.308. The Bertz CT molecular complexity index is 385. The van der Waals surface area contributed by atoms with Gasteiger partial charge in [-0.05, 0) is 30.7 Å². The normalized spacial score (nSPS) is 11.2. The average Bonchev–Trinajstić information content (AvgIpc) is 2.05. The van der Waals surface area contributed by atoms with Crippen LogP contribution in [-0.2, 0) is 6.18 Å². The summed E-state index contributed by atoms with van der Waals surface area (Å²) in [7, 11) is 0. The number of alkyl halides is 3. The molecule has 1 aromatic rings. The molecule has 0 aliphatic carbocycles. The first-order chi connectivity index (χ1) is 6.80. The van der Waals surface area contributed by atoms with Crippen molar-refractivity contribution in [2.45, 2.75) is 13.1 Å². The maximum Gasteiger partial charge on any atom is 0.416 e. The van der Waals surface area contributed by atoms with Crippen molar-refractivity contribution in [1.82, 2.24) is 0 Å². The Morgan fingerprint density at radius 3 is 2.40 bits per heavy atom. The third-order valence-corrected chi connectivity index (χ3v) is 1.82. The minimum Gasteiger partial charge on any atom is -0.370 e. The Balaban J connectivity index is 3.03. The van der Waals surface area contributed by atoms with Crippen molar-refractivity contribution in [2.75, 3.05) is 5.32 Å². The molecule has 15 heavy (non-hydrogen) atoms. The van der Waals surface area contributed by atoms with Gasteiger partial charge in [-0.1, -0.05) is 0 Å². The van der Waals surface area contributed by atoms with Gasteiger partial charge in [0.25, 0.3) is 0 Å².